The van der Waals surface area contributed by atoms with Crippen LogP contribution in [-0.2, 0) is 9.59 Å². The lowest BCUT2D eigenvalue weighted by atomic mass is 10.0. The van der Waals surface area contributed by atoms with E-state index in [2.05, 4.69) is 36.6 Å². The van der Waals surface area contributed by atoms with Crippen molar-refractivity contribution in [3.05, 3.63) is 41.5 Å². The third-order valence-corrected chi connectivity index (χ3v) is 3.28. The van der Waals surface area contributed by atoms with Crippen LogP contribution in [-0.4, -0.2) is 24.9 Å². The van der Waals surface area contributed by atoms with Crippen LogP contribution in [0.1, 0.15) is 44.7 Å². The van der Waals surface area contributed by atoms with Gasteiger partial charge in [-0.15, -0.1) is 0 Å². The lowest BCUT2D eigenvalue weighted by Gasteiger charge is -2.07. The third-order valence-electron chi connectivity index (χ3n) is 3.28. The number of carbonyl (C=O) groups is 2. The van der Waals surface area contributed by atoms with Gasteiger partial charge >= 0.3 is 0 Å². The van der Waals surface area contributed by atoms with Crippen molar-refractivity contribution in [3.63, 3.8) is 0 Å². The highest BCUT2D eigenvalue weighted by atomic mass is 16.2. The summed E-state index contributed by atoms with van der Waals surface area (Å²) in [5, 5.41) is 5.49. The first kappa shape index (κ1) is 18.0. The summed E-state index contributed by atoms with van der Waals surface area (Å²) in [4.78, 5) is 23.0. The molecule has 0 heterocycles. The SMILES string of the molecule is CC(C)C(=O)NCCNC(=O)/C=C/c1ccc(C(C)C)cc1. The molecule has 0 aliphatic heterocycles. The minimum atomic E-state index is -0.160. The van der Waals surface area contributed by atoms with E-state index in [0.29, 0.717) is 19.0 Å². The van der Waals surface area contributed by atoms with E-state index in [9.17, 15) is 9.59 Å². The van der Waals surface area contributed by atoms with Crippen LogP contribution >= 0.6 is 0 Å². The molecule has 0 atom stereocenters. The zero-order valence-electron chi connectivity index (χ0n) is 13.8. The van der Waals surface area contributed by atoms with E-state index in [1.807, 2.05) is 26.0 Å². The van der Waals surface area contributed by atoms with E-state index in [1.54, 1.807) is 6.08 Å². The Kier molecular flexibility index (Phi) is 7.37. The van der Waals surface area contributed by atoms with E-state index in [4.69, 9.17) is 0 Å². The second-order valence-corrected chi connectivity index (χ2v) is 5.89. The highest BCUT2D eigenvalue weighted by Crippen LogP contribution is 2.15. The number of benzene rings is 1. The number of carbonyl (C=O) groups excluding carboxylic acids is 2. The molecule has 2 amide bonds. The van der Waals surface area contributed by atoms with Crippen molar-refractivity contribution < 1.29 is 9.59 Å². The highest BCUT2D eigenvalue weighted by molar-refractivity contribution is 5.91. The molecule has 0 saturated carbocycles. The van der Waals surface area contributed by atoms with Crippen molar-refractivity contribution in [1.29, 1.82) is 0 Å². The average Bonchev–Trinajstić information content (AvgIpc) is 2.49. The van der Waals surface area contributed by atoms with Crippen molar-refractivity contribution in [2.45, 2.75) is 33.6 Å². The molecule has 120 valence electrons. The zero-order valence-corrected chi connectivity index (χ0v) is 13.8. The fourth-order valence-electron chi connectivity index (χ4n) is 1.80. The molecule has 0 saturated heterocycles. The summed E-state index contributed by atoms with van der Waals surface area (Å²) in [5.74, 6) is 0.300. The van der Waals surface area contributed by atoms with Gasteiger partial charge in [0.1, 0.15) is 0 Å². The Morgan fingerprint density at radius 1 is 1.00 bits per heavy atom. The Hall–Kier alpha value is -2.10. The second-order valence-electron chi connectivity index (χ2n) is 5.89. The van der Waals surface area contributed by atoms with E-state index < -0.39 is 0 Å². The van der Waals surface area contributed by atoms with Gasteiger partial charge in [0.05, 0.1) is 0 Å². The van der Waals surface area contributed by atoms with E-state index >= 15 is 0 Å². The molecule has 2 N–H and O–H groups in total. The summed E-state index contributed by atoms with van der Waals surface area (Å²) in [6.07, 6.45) is 3.29. The minimum absolute atomic E-state index is 0.00460. The van der Waals surface area contributed by atoms with Gasteiger partial charge in [0.15, 0.2) is 0 Å². The topological polar surface area (TPSA) is 58.2 Å². The smallest absolute Gasteiger partial charge is 0.244 e. The third kappa shape index (κ3) is 6.57. The molecule has 0 unspecified atom stereocenters. The molecule has 1 aromatic rings. The second kappa shape index (κ2) is 9.03. The molecule has 0 aromatic heterocycles. The molecule has 22 heavy (non-hydrogen) atoms. The van der Waals surface area contributed by atoms with Gasteiger partial charge in [-0.3, -0.25) is 9.59 Å². The van der Waals surface area contributed by atoms with Crippen LogP contribution in [0.5, 0.6) is 0 Å². The number of hydrogen-bond donors (Lipinski definition) is 2. The van der Waals surface area contributed by atoms with Crippen LogP contribution in [0.4, 0.5) is 0 Å². The molecule has 0 aliphatic carbocycles. The number of amides is 2. The summed E-state index contributed by atoms with van der Waals surface area (Å²) in [7, 11) is 0. The Labute approximate surface area is 133 Å². The summed E-state index contributed by atoms with van der Waals surface area (Å²) in [5.41, 5.74) is 2.27. The maximum atomic E-state index is 11.7. The van der Waals surface area contributed by atoms with Gasteiger partial charge < -0.3 is 10.6 Å². The van der Waals surface area contributed by atoms with Gasteiger partial charge in [0, 0.05) is 25.1 Å². The molecule has 0 radical (unpaired) electrons. The fourth-order valence-corrected chi connectivity index (χ4v) is 1.80. The molecule has 0 bridgehead atoms. The first-order valence-electron chi connectivity index (χ1n) is 7.73. The molecule has 4 nitrogen and oxygen atoms in total. The number of hydrogen-bond acceptors (Lipinski definition) is 2. The molecule has 4 heteroatoms. The van der Waals surface area contributed by atoms with Gasteiger partial charge in [-0.1, -0.05) is 52.0 Å². The normalized spacial score (nSPS) is 11.2. The first-order chi connectivity index (χ1) is 10.4. The molecule has 1 aromatic carbocycles. The largest absolute Gasteiger partial charge is 0.354 e. The van der Waals surface area contributed by atoms with Crippen LogP contribution in [0.15, 0.2) is 30.3 Å². The molecular weight excluding hydrogens is 276 g/mol. The van der Waals surface area contributed by atoms with Crippen LogP contribution in [0, 0.1) is 5.92 Å². The lowest BCUT2D eigenvalue weighted by molar-refractivity contribution is -0.124. The van der Waals surface area contributed by atoms with Crippen molar-refractivity contribution in [3.8, 4) is 0 Å². The van der Waals surface area contributed by atoms with E-state index in [0.717, 1.165) is 5.56 Å². The van der Waals surface area contributed by atoms with Crippen molar-refractivity contribution in [2.75, 3.05) is 13.1 Å². The standard InChI is InChI=1S/C18H26N2O2/c1-13(2)16-8-5-15(6-9-16)7-10-17(21)19-11-12-20-18(22)14(3)4/h5-10,13-14H,11-12H2,1-4H3,(H,19,21)(H,20,22)/b10-7+. The van der Waals surface area contributed by atoms with E-state index in [1.165, 1.54) is 11.6 Å². The summed E-state index contributed by atoms with van der Waals surface area (Å²) < 4.78 is 0. The molecule has 0 spiro atoms. The first-order valence-corrected chi connectivity index (χ1v) is 7.73. The Balaban J connectivity index is 2.33. The Morgan fingerprint density at radius 3 is 2.14 bits per heavy atom. The van der Waals surface area contributed by atoms with Crippen molar-refractivity contribution in [1.82, 2.24) is 10.6 Å². The summed E-state index contributed by atoms with van der Waals surface area (Å²) in [6, 6.07) is 8.15. The van der Waals surface area contributed by atoms with E-state index in [-0.39, 0.29) is 17.7 Å². The summed E-state index contributed by atoms with van der Waals surface area (Å²) >= 11 is 0. The number of nitrogens with one attached hydrogen (secondary N) is 2. The van der Waals surface area contributed by atoms with Gasteiger partial charge in [0.2, 0.25) is 11.8 Å². The van der Waals surface area contributed by atoms with Crippen molar-refractivity contribution >= 4 is 17.9 Å². The quantitative estimate of drug-likeness (QED) is 0.601. The van der Waals surface area contributed by atoms with Crippen LogP contribution < -0.4 is 10.6 Å². The molecule has 0 aliphatic rings. The lowest BCUT2D eigenvalue weighted by Crippen LogP contribution is -2.35. The Morgan fingerprint density at radius 2 is 1.59 bits per heavy atom. The van der Waals surface area contributed by atoms with Crippen LogP contribution in [0.2, 0.25) is 0 Å². The molecular formula is C18H26N2O2. The fraction of sp³-hybridized carbons (Fsp3) is 0.444. The average molecular weight is 302 g/mol. The number of rotatable bonds is 7. The van der Waals surface area contributed by atoms with Crippen LogP contribution in [0.3, 0.4) is 0 Å². The van der Waals surface area contributed by atoms with Crippen molar-refractivity contribution in [2.24, 2.45) is 5.92 Å². The predicted molar refractivity (Wildman–Crippen MR) is 90.4 cm³/mol. The maximum absolute atomic E-state index is 11.7. The summed E-state index contributed by atoms with van der Waals surface area (Å²) in [6.45, 7) is 8.84. The molecule has 1 rings (SSSR count). The maximum Gasteiger partial charge on any atom is 0.244 e. The highest BCUT2D eigenvalue weighted by Gasteiger charge is 2.05. The van der Waals surface area contributed by atoms with Crippen LogP contribution in [0.25, 0.3) is 6.08 Å². The predicted octanol–water partition coefficient (Wildman–Crippen LogP) is 2.71. The zero-order chi connectivity index (χ0) is 16.5. The van der Waals surface area contributed by atoms with Gasteiger partial charge in [-0.25, -0.2) is 0 Å². The van der Waals surface area contributed by atoms with Gasteiger partial charge in [-0.05, 0) is 23.1 Å². The minimum Gasteiger partial charge on any atom is -0.354 e. The Bertz CT molecular complexity index is 516. The van der Waals surface area contributed by atoms with Gasteiger partial charge in [-0.2, -0.15) is 0 Å². The molecule has 0 fully saturated rings. The van der Waals surface area contributed by atoms with Gasteiger partial charge in [0.25, 0.3) is 0 Å². The monoisotopic (exact) mass is 302 g/mol.